The van der Waals surface area contributed by atoms with Crippen LogP contribution >= 0.6 is 0 Å². The lowest BCUT2D eigenvalue weighted by Crippen LogP contribution is -2.42. The fourth-order valence-electron chi connectivity index (χ4n) is 0.787. The van der Waals surface area contributed by atoms with E-state index in [-0.39, 0.29) is 0 Å². The fraction of sp³-hybridized carbons (Fsp3) is 0.833. The van der Waals surface area contributed by atoms with Crippen LogP contribution in [-0.4, -0.2) is 45.8 Å². The molecule has 1 unspecified atom stereocenters. The Kier molecular flexibility index (Phi) is 3.83. The lowest BCUT2D eigenvalue weighted by Gasteiger charge is -2.19. The molecule has 0 radical (unpaired) electrons. The third-order valence-corrected chi connectivity index (χ3v) is 2.56. The van der Waals surface area contributed by atoms with Crippen molar-refractivity contribution in [1.82, 2.24) is 0 Å². The Hall–Kier alpha value is -1.01. The van der Waals surface area contributed by atoms with Crippen LogP contribution in [0.4, 0.5) is 22.0 Å². The number of carbonyl (C=O) groups excluding carboxylic acids is 1. The Bertz CT molecular complexity index is 428. The minimum absolute atomic E-state index is 0.848. The highest BCUT2D eigenvalue weighted by molar-refractivity contribution is 7.82. The molecular weight excluding hydrogens is 295 g/mol. The first-order valence-corrected chi connectivity index (χ1v) is 5.47. The van der Waals surface area contributed by atoms with E-state index in [0.29, 0.717) is 0 Å². The van der Waals surface area contributed by atoms with Crippen molar-refractivity contribution in [3.05, 3.63) is 0 Å². The van der Waals surface area contributed by atoms with Gasteiger partial charge in [-0.2, -0.15) is 30.4 Å². The van der Waals surface area contributed by atoms with Crippen molar-refractivity contribution < 1.29 is 48.3 Å². The molecule has 0 amide bonds. The molecule has 0 spiro atoms. The highest BCUT2D eigenvalue weighted by atomic mass is 32.3. The molecule has 1 aliphatic rings. The minimum atomic E-state index is -5.88. The summed E-state index contributed by atoms with van der Waals surface area (Å²) in [6.45, 7) is -3.12. The number of esters is 1. The maximum atomic E-state index is 12.3. The van der Waals surface area contributed by atoms with Crippen molar-refractivity contribution in [2.75, 3.05) is 13.2 Å². The third kappa shape index (κ3) is 3.49. The second kappa shape index (κ2) is 4.59. The third-order valence-electron chi connectivity index (χ3n) is 1.67. The van der Waals surface area contributed by atoms with Gasteiger partial charge in [-0.3, -0.25) is 0 Å². The molecule has 6 nitrogen and oxygen atoms in total. The maximum Gasteiger partial charge on any atom is 0.456 e. The van der Waals surface area contributed by atoms with Crippen LogP contribution in [0, 0.1) is 0 Å². The summed E-state index contributed by atoms with van der Waals surface area (Å²) in [6.07, 6.45) is -7.77. The van der Waals surface area contributed by atoms with Gasteiger partial charge < -0.3 is 4.74 Å². The van der Waals surface area contributed by atoms with E-state index in [1.807, 2.05) is 0 Å². The van der Waals surface area contributed by atoms with Crippen LogP contribution in [0.3, 0.4) is 0 Å². The molecule has 18 heavy (non-hydrogen) atoms. The quantitative estimate of drug-likeness (QED) is 0.554. The van der Waals surface area contributed by atoms with E-state index in [1.165, 1.54) is 0 Å². The lowest BCUT2D eigenvalue weighted by molar-refractivity contribution is -0.294. The van der Waals surface area contributed by atoms with Gasteiger partial charge in [0.15, 0.2) is 6.61 Å². The van der Waals surface area contributed by atoms with Crippen molar-refractivity contribution in [3.8, 4) is 0 Å². The van der Waals surface area contributed by atoms with E-state index < -0.39 is 47.8 Å². The van der Waals surface area contributed by atoms with Crippen LogP contribution in [0.5, 0.6) is 0 Å². The molecular formula is C6H5F5O6S. The Morgan fingerprint density at radius 3 is 2.22 bits per heavy atom. The zero-order valence-electron chi connectivity index (χ0n) is 8.24. The summed E-state index contributed by atoms with van der Waals surface area (Å²) >= 11 is 0. The van der Waals surface area contributed by atoms with Crippen LogP contribution in [0.1, 0.15) is 0 Å². The predicted octanol–water partition coefficient (Wildman–Crippen LogP) is 0.387. The molecule has 1 rings (SSSR count). The van der Waals surface area contributed by atoms with Crippen LogP contribution in [-0.2, 0) is 28.3 Å². The van der Waals surface area contributed by atoms with Crippen molar-refractivity contribution in [3.63, 3.8) is 0 Å². The van der Waals surface area contributed by atoms with Crippen LogP contribution < -0.4 is 0 Å². The largest absolute Gasteiger partial charge is 0.457 e. The number of hydrogen-bond donors (Lipinski definition) is 0. The second-order valence-electron chi connectivity index (χ2n) is 3.09. The number of alkyl halides is 5. The molecule has 0 aromatic heterocycles. The van der Waals surface area contributed by atoms with Crippen molar-refractivity contribution in [1.29, 1.82) is 0 Å². The van der Waals surface area contributed by atoms with Crippen molar-refractivity contribution >= 4 is 16.4 Å². The van der Waals surface area contributed by atoms with Gasteiger partial charge in [0.05, 0.1) is 0 Å². The molecule has 0 aromatic rings. The predicted molar refractivity (Wildman–Crippen MR) is 41.7 cm³/mol. The molecule has 1 atom stereocenters. The fourth-order valence-corrected chi connectivity index (χ4v) is 1.55. The van der Waals surface area contributed by atoms with Gasteiger partial charge in [0.25, 0.3) is 0 Å². The van der Waals surface area contributed by atoms with Gasteiger partial charge >= 0.3 is 28.5 Å². The van der Waals surface area contributed by atoms with Gasteiger partial charge in [0.1, 0.15) is 6.61 Å². The Labute approximate surface area is 96.9 Å². The van der Waals surface area contributed by atoms with E-state index in [1.54, 1.807) is 0 Å². The molecule has 0 aliphatic carbocycles. The Balaban J connectivity index is 2.53. The normalized spacial score (nSPS) is 23.9. The standard InChI is InChI=1S/C6H5F5O6S/c7-5(8,6(9,10)11)2-15-4(12)3-1-16-18(13,14)17-3/h3H,1-2H2. The smallest absolute Gasteiger partial charge is 0.456 e. The molecule has 106 valence electrons. The molecule has 0 bridgehead atoms. The first-order chi connectivity index (χ1) is 7.95. The Morgan fingerprint density at radius 1 is 1.28 bits per heavy atom. The topological polar surface area (TPSA) is 78.9 Å². The Morgan fingerprint density at radius 2 is 1.83 bits per heavy atom. The highest BCUT2D eigenvalue weighted by Gasteiger charge is 2.58. The number of carbonyl (C=O) groups is 1. The molecule has 0 N–H and O–H groups in total. The highest BCUT2D eigenvalue weighted by Crippen LogP contribution is 2.35. The van der Waals surface area contributed by atoms with Gasteiger partial charge in [-0.15, -0.1) is 0 Å². The summed E-state index contributed by atoms with van der Waals surface area (Å²) in [5.41, 5.74) is 0. The maximum absolute atomic E-state index is 12.3. The van der Waals surface area contributed by atoms with Crippen LogP contribution in [0.15, 0.2) is 0 Å². The first kappa shape index (κ1) is 15.0. The van der Waals surface area contributed by atoms with Gasteiger partial charge in [-0.1, -0.05) is 0 Å². The van der Waals surface area contributed by atoms with E-state index in [4.69, 9.17) is 0 Å². The van der Waals surface area contributed by atoms with Crippen LogP contribution in [0.25, 0.3) is 0 Å². The van der Waals surface area contributed by atoms with E-state index >= 15 is 0 Å². The van der Waals surface area contributed by atoms with Crippen molar-refractivity contribution in [2.24, 2.45) is 0 Å². The lowest BCUT2D eigenvalue weighted by atomic mass is 10.3. The van der Waals surface area contributed by atoms with Crippen molar-refractivity contribution in [2.45, 2.75) is 18.2 Å². The van der Waals surface area contributed by atoms with Gasteiger partial charge in [-0.05, 0) is 0 Å². The van der Waals surface area contributed by atoms with E-state index in [9.17, 15) is 35.2 Å². The molecule has 12 heteroatoms. The first-order valence-electron chi connectivity index (χ1n) is 4.13. The molecule has 1 fully saturated rings. The van der Waals surface area contributed by atoms with E-state index in [2.05, 4.69) is 13.1 Å². The summed E-state index contributed by atoms with van der Waals surface area (Å²) < 4.78 is 92.3. The SMILES string of the molecule is O=C(OCC(F)(F)C(F)(F)F)C1COS(=O)(=O)O1. The average molecular weight is 300 g/mol. The van der Waals surface area contributed by atoms with Gasteiger partial charge in [0, 0.05) is 0 Å². The number of hydrogen-bond acceptors (Lipinski definition) is 6. The molecule has 1 saturated heterocycles. The molecule has 1 heterocycles. The summed E-state index contributed by atoms with van der Waals surface area (Å²) in [4.78, 5) is 10.9. The zero-order valence-corrected chi connectivity index (χ0v) is 9.06. The van der Waals surface area contributed by atoms with Gasteiger partial charge in [0.2, 0.25) is 6.10 Å². The molecule has 0 saturated carbocycles. The van der Waals surface area contributed by atoms with Crippen LogP contribution in [0.2, 0.25) is 0 Å². The molecule has 0 aromatic carbocycles. The number of halogens is 5. The second-order valence-corrected chi connectivity index (χ2v) is 4.33. The number of ether oxygens (including phenoxy) is 1. The molecule has 1 aliphatic heterocycles. The summed E-state index contributed by atoms with van der Waals surface area (Å²) in [6, 6.07) is 0. The van der Waals surface area contributed by atoms with E-state index in [0.717, 1.165) is 0 Å². The number of rotatable bonds is 3. The summed E-state index contributed by atoms with van der Waals surface area (Å²) in [5.74, 6) is -6.93. The summed E-state index contributed by atoms with van der Waals surface area (Å²) in [5, 5.41) is 0. The van der Waals surface area contributed by atoms with Gasteiger partial charge in [-0.25, -0.2) is 13.2 Å². The minimum Gasteiger partial charge on any atom is -0.457 e. The average Bonchev–Trinajstić information content (AvgIpc) is 2.53. The zero-order chi connectivity index (χ0) is 14.2. The monoisotopic (exact) mass is 300 g/mol. The summed E-state index contributed by atoms with van der Waals surface area (Å²) in [7, 11) is -4.43.